The van der Waals surface area contributed by atoms with Crippen LogP contribution in [0.25, 0.3) is 11.0 Å². The summed E-state index contributed by atoms with van der Waals surface area (Å²) < 4.78 is 45.9. The molecule has 3 heterocycles. The highest BCUT2D eigenvalue weighted by atomic mass is 19.4. The fourth-order valence-electron chi connectivity index (χ4n) is 3.61. The Morgan fingerprint density at radius 2 is 1.90 bits per heavy atom. The highest BCUT2D eigenvalue weighted by Gasteiger charge is 2.31. The number of hydrogen-bond acceptors (Lipinski definition) is 6. The van der Waals surface area contributed by atoms with E-state index >= 15 is 0 Å². The Bertz CT molecular complexity index is 1220. The van der Waals surface area contributed by atoms with Gasteiger partial charge in [-0.1, -0.05) is 6.07 Å². The fourth-order valence-corrected chi connectivity index (χ4v) is 3.61. The average Bonchev–Trinajstić information content (AvgIpc) is 2.76. The lowest BCUT2D eigenvalue weighted by molar-refractivity contribution is -0.137. The predicted octanol–water partition coefficient (Wildman–Crippen LogP) is 3.27. The summed E-state index contributed by atoms with van der Waals surface area (Å²) in [5.74, 6) is 0.568. The minimum Gasteiger partial charge on any atom is -0.490 e. The van der Waals surface area contributed by atoms with Crippen molar-refractivity contribution in [3.63, 3.8) is 0 Å². The van der Waals surface area contributed by atoms with Crippen molar-refractivity contribution >= 4 is 16.9 Å². The summed E-state index contributed by atoms with van der Waals surface area (Å²) in [6, 6.07) is 10.0. The molecule has 1 saturated heterocycles. The second kappa shape index (κ2) is 7.91. The van der Waals surface area contributed by atoms with E-state index in [-0.39, 0.29) is 17.5 Å². The Morgan fingerprint density at radius 1 is 1.16 bits per heavy atom. The summed E-state index contributed by atoms with van der Waals surface area (Å²) in [6.07, 6.45) is -3.62. The molecule has 0 atom stereocenters. The molecule has 160 valence electrons. The smallest absolute Gasteiger partial charge is 0.416 e. The van der Waals surface area contributed by atoms with Gasteiger partial charge in [-0.25, -0.2) is 9.78 Å². The summed E-state index contributed by atoms with van der Waals surface area (Å²) in [4.78, 5) is 22.6. The number of anilines is 1. The van der Waals surface area contributed by atoms with Gasteiger partial charge in [-0.2, -0.15) is 23.4 Å². The lowest BCUT2D eigenvalue weighted by Crippen LogP contribution is -2.40. The molecule has 0 bridgehead atoms. The number of halogens is 3. The molecule has 1 fully saturated rings. The molecule has 0 unspecified atom stereocenters. The quantitative estimate of drug-likeness (QED) is 0.636. The number of piperidine rings is 1. The second-order valence-electron chi connectivity index (χ2n) is 7.28. The Hall–Kier alpha value is -3.61. The third-order valence-electron chi connectivity index (χ3n) is 5.26. The fraction of sp³-hybridized carbons (Fsp3) is 0.333. The number of benzene rings is 1. The number of ether oxygens (including phenoxy) is 1. The van der Waals surface area contributed by atoms with E-state index in [1.807, 2.05) is 11.0 Å². The molecule has 4 rings (SSSR count). The van der Waals surface area contributed by atoms with E-state index in [0.717, 1.165) is 12.1 Å². The molecule has 0 radical (unpaired) electrons. The van der Waals surface area contributed by atoms with Crippen molar-refractivity contribution in [1.82, 2.24) is 14.5 Å². The van der Waals surface area contributed by atoms with E-state index in [1.165, 1.54) is 16.7 Å². The van der Waals surface area contributed by atoms with Gasteiger partial charge in [-0.05, 0) is 30.3 Å². The van der Waals surface area contributed by atoms with E-state index in [9.17, 15) is 18.0 Å². The molecule has 1 aliphatic rings. The zero-order valence-electron chi connectivity index (χ0n) is 16.6. The van der Waals surface area contributed by atoms with Crippen molar-refractivity contribution in [1.29, 1.82) is 5.26 Å². The number of rotatable bonds is 3. The molecule has 0 spiro atoms. The van der Waals surface area contributed by atoms with Crippen LogP contribution < -0.4 is 15.3 Å². The number of pyridine rings is 1. The first-order chi connectivity index (χ1) is 14.8. The van der Waals surface area contributed by atoms with Gasteiger partial charge in [0.05, 0.1) is 11.1 Å². The van der Waals surface area contributed by atoms with Gasteiger partial charge in [0.25, 0.3) is 0 Å². The summed E-state index contributed by atoms with van der Waals surface area (Å²) in [7, 11) is 1.59. The van der Waals surface area contributed by atoms with Crippen molar-refractivity contribution in [3.8, 4) is 11.8 Å². The third kappa shape index (κ3) is 4.17. The highest BCUT2D eigenvalue weighted by Crippen LogP contribution is 2.32. The summed E-state index contributed by atoms with van der Waals surface area (Å²) >= 11 is 0. The minimum atomic E-state index is -4.43. The summed E-state index contributed by atoms with van der Waals surface area (Å²) in [6.45, 7) is 0.967. The lowest BCUT2D eigenvalue weighted by Gasteiger charge is -2.33. The van der Waals surface area contributed by atoms with Crippen molar-refractivity contribution in [3.05, 3.63) is 58.1 Å². The van der Waals surface area contributed by atoms with Gasteiger partial charge in [-0.15, -0.1) is 0 Å². The van der Waals surface area contributed by atoms with Gasteiger partial charge in [0, 0.05) is 33.0 Å². The predicted molar refractivity (Wildman–Crippen MR) is 107 cm³/mol. The normalized spacial score (nSPS) is 15.1. The van der Waals surface area contributed by atoms with Crippen LogP contribution in [0.15, 0.2) is 41.2 Å². The van der Waals surface area contributed by atoms with Crippen molar-refractivity contribution in [2.75, 3.05) is 18.0 Å². The van der Waals surface area contributed by atoms with Gasteiger partial charge >= 0.3 is 11.9 Å². The lowest BCUT2D eigenvalue weighted by atomic mass is 10.1. The molecule has 1 aromatic carbocycles. The van der Waals surface area contributed by atoms with E-state index < -0.39 is 17.4 Å². The third-order valence-corrected chi connectivity index (χ3v) is 5.26. The molecule has 3 aromatic rings. The van der Waals surface area contributed by atoms with Crippen LogP contribution in [-0.2, 0) is 13.2 Å². The monoisotopic (exact) mass is 429 g/mol. The molecule has 7 nitrogen and oxygen atoms in total. The van der Waals surface area contributed by atoms with E-state index in [1.54, 1.807) is 19.2 Å². The maximum absolute atomic E-state index is 12.9. The van der Waals surface area contributed by atoms with Crippen LogP contribution in [-0.4, -0.2) is 33.7 Å². The molecule has 2 aromatic heterocycles. The van der Waals surface area contributed by atoms with E-state index in [2.05, 4.69) is 9.97 Å². The Labute approximate surface area is 175 Å². The summed E-state index contributed by atoms with van der Waals surface area (Å²) in [5, 5.41) is 9.16. The van der Waals surface area contributed by atoms with Crippen LogP contribution in [0, 0.1) is 11.3 Å². The van der Waals surface area contributed by atoms with Crippen molar-refractivity contribution in [2.45, 2.75) is 25.1 Å². The number of nitriles is 1. The molecule has 0 saturated carbocycles. The Kier molecular flexibility index (Phi) is 5.27. The van der Waals surface area contributed by atoms with Crippen LogP contribution in [0.1, 0.15) is 24.1 Å². The van der Waals surface area contributed by atoms with Gasteiger partial charge in [0.15, 0.2) is 5.82 Å². The number of alkyl halides is 3. The van der Waals surface area contributed by atoms with Gasteiger partial charge in [-0.3, -0.25) is 4.57 Å². The first-order valence-electron chi connectivity index (χ1n) is 9.63. The van der Waals surface area contributed by atoms with E-state index in [4.69, 9.17) is 10.00 Å². The largest absolute Gasteiger partial charge is 0.490 e. The number of aromatic nitrogens is 3. The van der Waals surface area contributed by atoms with Gasteiger partial charge < -0.3 is 9.64 Å². The Morgan fingerprint density at radius 3 is 2.58 bits per heavy atom. The van der Waals surface area contributed by atoms with Crippen LogP contribution in [0.5, 0.6) is 5.75 Å². The molecular formula is C21H18F3N5O2. The molecule has 1 aliphatic heterocycles. The topological polar surface area (TPSA) is 84.0 Å². The van der Waals surface area contributed by atoms with Crippen molar-refractivity contribution < 1.29 is 17.9 Å². The highest BCUT2D eigenvalue weighted by molar-refractivity contribution is 5.86. The molecule has 0 aliphatic carbocycles. The van der Waals surface area contributed by atoms with Crippen LogP contribution >= 0.6 is 0 Å². The zero-order valence-corrected chi connectivity index (χ0v) is 16.6. The van der Waals surface area contributed by atoms with Crippen LogP contribution in [0.2, 0.25) is 0 Å². The minimum absolute atomic E-state index is 0.172. The first-order valence-corrected chi connectivity index (χ1v) is 9.63. The van der Waals surface area contributed by atoms with Crippen LogP contribution in [0.4, 0.5) is 19.0 Å². The van der Waals surface area contributed by atoms with Crippen molar-refractivity contribution in [2.24, 2.45) is 7.05 Å². The molecule has 10 heteroatoms. The van der Waals surface area contributed by atoms with Crippen LogP contribution in [0.3, 0.4) is 0 Å². The standard InChI is InChI=1S/C21H18F3N5O2/c1-28-17-6-5-14(12-25)26-18(17)19(27-20(28)30)29-9-7-15(8-10-29)31-16-4-2-3-13(11-16)21(22,23)24/h2-6,11,15H,7-10H2,1H3. The molecule has 31 heavy (non-hydrogen) atoms. The maximum atomic E-state index is 12.9. The second-order valence-corrected chi connectivity index (χ2v) is 7.28. The number of fused-ring (bicyclic) bond motifs is 1. The molecular weight excluding hydrogens is 411 g/mol. The number of nitrogens with zero attached hydrogens (tertiary/aromatic N) is 5. The van der Waals surface area contributed by atoms with Gasteiger partial charge in [0.2, 0.25) is 0 Å². The SMILES string of the molecule is Cn1c(=O)nc(N2CCC(Oc3cccc(C(F)(F)F)c3)CC2)c2nc(C#N)ccc21. The molecule has 0 N–H and O–H groups in total. The number of aryl methyl sites for hydroxylation is 1. The summed E-state index contributed by atoms with van der Waals surface area (Å²) in [5.41, 5.74) is 0.0562. The zero-order chi connectivity index (χ0) is 22.2. The molecule has 0 amide bonds. The van der Waals surface area contributed by atoms with E-state index in [0.29, 0.717) is 42.8 Å². The number of hydrogen-bond donors (Lipinski definition) is 0. The Balaban J connectivity index is 1.53. The average molecular weight is 429 g/mol. The first kappa shape index (κ1) is 20.7. The van der Waals surface area contributed by atoms with Gasteiger partial charge in [0.1, 0.15) is 29.1 Å². The maximum Gasteiger partial charge on any atom is 0.416 e.